The number of aryl methyl sites for hydroxylation is 2. The Hall–Kier alpha value is -3.43. The van der Waals surface area contributed by atoms with Crippen LogP contribution in [-0.2, 0) is 11.3 Å². The first-order valence-corrected chi connectivity index (χ1v) is 12.4. The Balaban J connectivity index is 1.61. The molecule has 0 aliphatic rings. The maximum Gasteiger partial charge on any atom is 0.251 e. The average Bonchev–Trinajstić information content (AvgIpc) is 3.22. The molecule has 2 heterocycles. The molecule has 0 unspecified atom stereocenters. The van der Waals surface area contributed by atoms with Gasteiger partial charge in [0.2, 0.25) is 5.91 Å². The smallest absolute Gasteiger partial charge is 0.251 e. The molecule has 0 saturated heterocycles. The van der Waals surface area contributed by atoms with Gasteiger partial charge >= 0.3 is 0 Å². The fourth-order valence-corrected chi connectivity index (χ4v) is 5.12. The quantitative estimate of drug-likeness (QED) is 0.280. The van der Waals surface area contributed by atoms with Crippen molar-refractivity contribution in [3.63, 3.8) is 0 Å². The summed E-state index contributed by atoms with van der Waals surface area (Å²) in [7, 11) is 1.63. The summed E-state index contributed by atoms with van der Waals surface area (Å²) >= 11 is 2.69. The number of amides is 1. The van der Waals surface area contributed by atoms with Crippen molar-refractivity contribution < 1.29 is 9.53 Å². The van der Waals surface area contributed by atoms with Crippen LogP contribution in [0.4, 0.5) is 5.13 Å². The van der Waals surface area contributed by atoms with Crippen LogP contribution >= 0.6 is 23.1 Å². The van der Waals surface area contributed by atoms with E-state index in [-0.39, 0.29) is 17.2 Å². The standard InChI is InChI=1S/C25H24N4O3S2/c1-16-13-21(30)27-24(26-16)33-15-22(31)29(14-18-7-5-4-6-8-18)25-28-23(17(2)34-25)19-9-11-20(32-3)12-10-19/h4-13H,14-15H2,1-3H3,(H,26,27,30). The predicted octanol–water partition coefficient (Wildman–Crippen LogP) is 4.84. The Morgan fingerprint density at radius 1 is 1.09 bits per heavy atom. The molecule has 0 aliphatic carbocycles. The summed E-state index contributed by atoms with van der Waals surface area (Å²) in [6, 6.07) is 18.9. The van der Waals surface area contributed by atoms with E-state index in [9.17, 15) is 9.59 Å². The fraction of sp³-hybridized carbons (Fsp3) is 0.200. The Labute approximate surface area is 205 Å². The summed E-state index contributed by atoms with van der Waals surface area (Å²) in [5.41, 5.74) is 3.18. The number of methoxy groups -OCH3 is 1. The first-order chi connectivity index (χ1) is 16.4. The monoisotopic (exact) mass is 492 g/mol. The van der Waals surface area contributed by atoms with Crippen LogP contribution in [0.15, 0.2) is 70.6 Å². The highest BCUT2D eigenvalue weighted by molar-refractivity contribution is 7.99. The van der Waals surface area contributed by atoms with Crippen LogP contribution in [0.25, 0.3) is 11.3 Å². The Kier molecular flexibility index (Phi) is 7.44. The molecule has 0 radical (unpaired) electrons. The van der Waals surface area contributed by atoms with Gasteiger partial charge in [0.25, 0.3) is 5.56 Å². The second kappa shape index (κ2) is 10.7. The largest absolute Gasteiger partial charge is 0.497 e. The lowest BCUT2D eigenvalue weighted by Crippen LogP contribution is -2.32. The van der Waals surface area contributed by atoms with Crippen LogP contribution < -0.4 is 15.2 Å². The summed E-state index contributed by atoms with van der Waals surface area (Å²) in [4.78, 5) is 39.6. The van der Waals surface area contributed by atoms with Crippen LogP contribution in [0.5, 0.6) is 5.75 Å². The second-order valence-corrected chi connectivity index (χ2v) is 9.72. The second-order valence-electron chi connectivity index (χ2n) is 7.58. The lowest BCUT2D eigenvalue weighted by atomic mass is 10.1. The van der Waals surface area contributed by atoms with Gasteiger partial charge in [0.1, 0.15) is 5.75 Å². The zero-order valence-corrected chi connectivity index (χ0v) is 20.7. The highest BCUT2D eigenvalue weighted by Gasteiger charge is 2.22. The molecule has 174 valence electrons. The number of aromatic nitrogens is 3. The van der Waals surface area contributed by atoms with Crippen LogP contribution in [0.1, 0.15) is 16.1 Å². The molecular weight excluding hydrogens is 468 g/mol. The van der Waals surface area contributed by atoms with Crippen molar-refractivity contribution in [2.45, 2.75) is 25.5 Å². The summed E-state index contributed by atoms with van der Waals surface area (Å²) in [6.07, 6.45) is 0. The van der Waals surface area contributed by atoms with Gasteiger partial charge in [-0.25, -0.2) is 9.97 Å². The summed E-state index contributed by atoms with van der Waals surface area (Å²) in [5, 5.41) is 1.05. The molecule has 0 bridgehead atoms. The van der Waals surface area contributed by atoms with Gasteiger partial charge in [-0.3, -0.25) is 14.5 Å². The van der Waals surface area contributed by atoms with Crippen LogP contribution in [0, 0.1) is 13.8 Å². The third-order valence-corrected chi connectivity index (χ3v) is 6.90. The van der Waals surface area contributed by atoms with Crippen molar-refractivity contribution >= 4 is 34.1 Å². The van der Waals surface area contributed by atoms with Crippen LogP contribution in [0.3, 0.4) is 0 Å². The number of rotatable bonds is 8. The number of thiazole rings is 1. The van der Waals surface area contributed by atoms with E-state index in [1.54, 1.807) is 18.9 Å². The summed E-state index contributed by atoms with van der Waals surface area (Å²) in [6.45, 7) is 4.15. The normalized spacial score (nSPS) is 10.8. The van der Waals surface area contributed by atoms with E-state index >= 15 is 0 Å². The van der Waals surface area contributed by atoms with Gasteiger partial charge in [0.15, 0.2) is 10.3 Å². The molecule has 0 atom stereocenters. The molecule has 4 rings (SSSR count). The highest BCUT2D eigenvalue weighted by atomic mass is 32.2. The predicted molar refractivity (Wildman–Crippen MR) is 137 cm³/mol. The Bertz CT molecular complexity index is 1330. The van der Waals surface area contributed by atoms with Crippen molar-refractivity contribution in [3.8, 4) is 17.0 Å². The molecule has 2 aromatic carbocycles. The van der Waals surface area contributed by atoms with Gasteiger partial charge in [-0.15, -0.1) is 11.3 Å². The number of carbonyl (C=O) groups is 1. The van der Waals surface area contributed by atoms with E-state index < -0.39 is 0 Å². The molecule has 7 nitrogen and oxygen atoms in total. The van der Waals surface area contributed by atoms with Crippen molar-refractivity contribution in [1.29, 1.82) is 0 Å². The summed E-state index contributed by atoms with van der Waals surface area (Å²) in [5.74, 6) is 0.779. The molecule has 0 aliphatic heterocycles. The summed E-state index contributed by atoms with van der Waals surface area (Å²) < 4.78 is 5.25. The van der Waals surface area contributed by atoms with Crippen molar-refractivity contribution in [3.05, 3.63) is 87.2 Å². The molecule has 0 saturated carbocycles. The van der Waals surface area contributed by atoms with E-state index in [2.05, 4.69) is 9.97 Å². The Morgan fingerprint density at radius 2 is 1.82 bits per heavy atom. The van der Waals surface area contributed by atoms with Crippen LogP contribution in [0.2, 0.25) is 0 Å². The number of nitrogens with one attached hydrogen (secondary N) is 1. The molecule has 2 aromatic heterocycles. The number of anilines is 1. The van der Waals surface area contributed by atoms with Gasteiger partial charge in [-0.1, -0.05) is 42.1 Å². The molecule has 1 amide bonds. The van der Waals surface area contributed by atoms with E-state index in [0.29, 0.717) is 22.5 Å². The lowest BCUT2D eigenvalue weighted by molar-refractivity contribution is -0.116. The number of thioether (sulfide) groups is 1. The maximum absolute atomic E-state index is 13.4. The van der Waals surface area contributed by atoms with E-state index in [4.69, 9.17) is 9.72 Å². The maximum atomic E-state index is 13.4. The van der Waals surface area contributed by atoms with E-state index in [0.717, 1.165) is 27.4 Å². The number of ether oxygens (including phenoxy) is 1. The zero-order chi connectivity index (χ0) is 24.1. The topological polar surface area (TPSA) is 88.2 Å². The lowest BCUT2D eigenvalue weighted by Gasteiger charge is -2.20. The number of hydrogen-bond donors (Lipinski definition) is 1. The number of aromatic amines is 1. The molecule has 9 heteroatoms. The van der Waals surface area contributed by atoms with E-state index in [1.807, 2.05) is 61.5 Å². The van der Waals surface area contributed by atoms with E-state index in [1.165, 1.54) is 29.2 Å². The minimum Gasteiger partial charge on any atom is -0.497 e. The molecular formula is C25H24N4O3S2. The van der Waals surface area contributed by atoms with Gasteiger partial charge in [0, 0.05) is 22.2 Å². The highest BCUT2D eigenvalue weighted by Crippen LogP contribution is 2.34. The average molecular weight is 493 g/mol. The SMILES string of the molecule is COc1ccc(-c2nc(N(Cc3ccccc3)C(=O)CSc3nc(C)cc(=O)[nH]3)sc2C)cc1. The van der Waals surface area contributed by atoms with Gasteiger partial charge in [0.05, 0.1) is 25.1 Å². The van der Waals surface area contributed by atoms with Gasteiger partial charge < -0.3 is 9.72 Å². The molecule has 4 aromatic rings. The molecule has 34 heavy (non-hydrogen) atoms. The third kappa shape index (κ3) is 5.73. The number of carbonyl (C=O) groups excluding carboxylic acids is 1. The van der Waals surface area contributed by atoms with Crippen molar-refractivity contribution in [2.75, 3.05) is 17.8 Å². The minimum absolute atomic E-state index is 0.118. The van der Waals surface area contributed by atoms with Crippen molar-refractivity contribution in [1.82, 2.24) is 15.0 Å². The number of benzene rings is 2. The number of H-pyrrole nitrogens is 1. The third-order valence-electron chi connectivity index (χ3n) is 5.04. The van der Waals surface area contributed by atoms with Crippen molar-refractivity contribution in [2.24, 2.45) is 0 Å². The number of nitrogens with zero attached hydrogens (tertiary/aromatic N) is 3. The number of hydrogen-bond acceptors (Lipinski definition) is 7. The fourth-order valence-electron chi connectivity index (χ4n) is 3.37. The Morgan fingerprint density at radius 3 is 2.50 bits per heavy atom. The van der Waals surface area contributed by atoms with Gasteiger partial charge in [-0.05, 0) is 43.7 Å². The molecule has 0 spiro atoms. The van der Waals surface area contributed by atoms with Crippen LogP contribution in [-0.4, -0.2) is 33.7 Å². The minimum atomic E-state index is -0.233. The zero-order valence-electron chi connectivity index (χ0n) is 19.1. The molecule has 1 N–H and O–H groups in total. The molecule has 0 fully saturated rings. The van der Waals surface area contributed by atoms with Gasteiger partial charge in [-0.2, -0.15) is 0 Å². The first-order valence-electron chi connectivity index (χ1n) is 10.6. The first kappa shape index (κ1) is 23.7.